The summed E-state index contributed by atoms with van der Waals surface area (Å²) >= 11 is 0. The number of amides is 1. The van der Waals surface area contributed by atoms with Gasteiger partial charge in [0.15, 0.2) is 0 Å². The third-order valence-corrected chi connectivity index (χ3v) is 5.03. The Balaban J connectivity index is 1.55. The van der Waals surface area contributed by atoms with Gasteiger partial charge in [0.2, 0.25) is 5.95 Å². The zero-order valence-electron chi connectivity index (χ0n) is 17.3. The monoisotopic (exact) mass is 392 g/mol. The molecule has 1 aromatic heterocycles. The molecule has 4 rings (SSSR count). The Kier molecular flexibility index (Phi) is 5.18. The van der Waals surface area contributed by atoms with Crippen LogP contribution in [0, 0.1) is 0 Å². The van der Waals surface area contributed by atoms with Crippen LogP contribution in [0.15, 0.2) is 54.6 Å². The lowest BCUT2D eigenvalue weighted by Crippen LogP contribution is -2.50. The second kappa shape index (κ2) is 7.78. The van der Waals surface area contributed by atoms with Crippen LogP contribution in [0.5, 0.6) is 0 Å². The van der Waals surface area contributed by atoms with Crippen LogP contribution < -0.4 is 4.90 Å². The van der Waals surface area contributed by atoms with E-state index in [1.54, 1.807) is 4.90 Å². The molecular formula is C23H28N4O2. The van der Waals surface area contributed by atoms with E-state index in [9.17, 15) is 4.79 Å². The third kappa shape index (κ3) is 4.36. The highest BCUT2D eigenvalue weighted by Gasteiger charge is 2.28. The van der Waals surface area contributed by atoms with Crippen LogP contribution in [-0.2, 0) is 11.3 Å². The molecule has 0 saturated carbocycles. The SMILES string of the molecule is CC(C)(C)OC(=O)N1CCN(c2nc3ccccc3n2Cc2ccccc2)CC1. The minimum Gasteiger partial charge on any atom is -0.444 e. The number of para-hydroxylation sites is 2. The molecule has 1 fully saturated rings. The van der Waals surface area contributed by atoms with Crippen LogP contribution in [0.3, 0.4) is 0 Å². The summed E-state index contributed by atoms with van der Waals surface area (Å²) in [5, 5.41) is 0. The molecule has 2 aromatic carbocycles. The summed E-state index contributed by atoms with van der Waals surface area (Å²) in [5.41, 5.74) is 2.89. The van der Waals surface area contributed by atoms with Crippen LogP contribution >= 0.6 is 0 Å². The molecule has 1 saturated heterocycles. The minimum atomic E-state index is -0.474. The van der Waals surface area contributed by atoms with Crippen molar-refractivity contribution in [1.82, 2.24) is 14.5 Å². The number of imidazole rings is 1. The second-order valence-electron chi connectivity index (χ2n) is 8.43. The van der Waals surface area contributed by atoms with Gasteiger partial charge in [-0.1, -0.05) is 42.5 Å². The summed E-state index contributed by atoms with van der Waals surface area (Å²) in [6.45, 7) is 9.18. The van der Waals surface area contributed by atoms with Gasteiger partial charge in [-0.2, -0.15) is 0 Å². The molecule has 152 valence electrons. The summed E-state index contributed by atoms with van der Waals surface area (Å²) in [5.74, 6) is 0.957. The molecule has 0 spiro atoms. The van der Waals surface area contributed by atoms with Crippen LogP contribution in [0.2, 0.25) is 0 Å². The first-order valence-electron chi connectivity index (χ1n) is 10.1. The van der Waals surface area contributed by atoms with Crippen molar-refractivity contribution in [2.45, 2.75) is 32.9 Å². The molecule has 29 heavy (non-hydrogen) atoms. The predicted molar refractivity (Wildman–Crippen MR) is 115 cm³/mol. The van der Waals surface area contributed by atoms with Crippen molar-refractivity contribution < 1.29 is 9.53 Å². The van der Waals surface area contributed by atoms with Gasteiger partial charge in [0.25, 0.3) is 0 Å². The van der Waals surface area contributed by atoms with E-state index in [0.717, 1.165) is 36.6 Å². The van der Waals surface area contributed by atoms with E-state index in [-0.39, 0.29) is 6.09 Å². The number of rotatable bonds is 3. The number of hydrogen-bond donors (Lipinski definition) is 0. The van der Waals surface area contributed by atoms with Gasteiger partial charge < -0.3 is 19.1 Å². The highest BCUT2D eigenvalue weighted by Crippen LogP contribution is 2.25. The number of aromatic nitrogens is 2. The van der Waals surface area contributed by atoms with Crippen molar-refractivity contribution >= 4 is 23.1 Å². The largest absolute Gasteiger partial charge is 0.444 e. The number of hydrogen-bond acceptors (Lipinski definition) is 4. The number of nitrogens with zero attached hydrogens (tertiary/aromatic N) is 4. The van der Waals surface area contributed by atoms with Crippen LogP contribution in [-0.4, -0.2) is 52.3 Å². The Morgan fingerprint density at radius 2 is 1.62 bits per heavy atom. The van der Waals surface area contributed by atoms with Gasteiger partial charge in [-0.25, -0.2) is 9.78 Å². The number of carbonyl (C=O) groups excluding carboxylic acids is 1. The van der Waals surface area contributed by atoms with Crippen molar-refractivity contribution in [2.24, 2.45) is 0 Å². The van der Waals surface area contributed by atoms with E-state index in [4.69, 9.17) is 9.72 Å². The number of piperazine rings is 1. The Hall–Kier alpha value is -3.02. The summed E-state index contributed by atoms with van der Waals surface area (Å²) in [6, 6.07) is 18.7. The number of fused-ring (bicyclic) bond motifs is 1. The topological polar surface area (TPSA) is 50.6 Å². The van der Waals surface area contributed by atoms with Crippen molar-refractivity contribution in [3.05, 3.63) is 60.2 Å². The Morgan fingerprint density at radius 3 is 2.31 bits per heavy atom. The van der Waals surface area contributed by atoms with Crippen molar-refractivity contribution in [2.75, 3.05) is 31.1 Å². The lowest BCUT2D eigenvalue weighted by atomic mass is 10.2. The predicted octanol–water partition coefficient (Wildman–Crippen LogP) is 4.14. The zero-order chi connectivity index (χ0) is 20.4. The zero-order valence-corrected chi connectivity index (χ0v) is 17.3. The summed E-state index contributed by atoms with van der Waals surface area (Å²) in [7, 11) is 0. The normalized spacial score (nSPS) is 15.0. The fourth-order valence-corrected chi connectivity index (χ4v) is 3.64. The summed E-state index contributed by atoms with van der Waals surface area (Å²) in [4.78, 5) is 21.3. The quantitative estimate of drug-likeness (QED) is 0.672. The first-order chi connectivity index (χ1) is 13.9. The van der Waals surface area contributed by atoms with Gasteiger partial charge in [0.05, 0.1) is 17.6 Å². The highest BCUT2D eigenvalue weighted by atomic mass is 16.6. The number of benzene rings is 2. The Bertz CT molecular complexity index is 983. The molecule has 3 aromatic rings. The molecule has 1 aliphatic heterocycles. The standard InChI is InChI=1S/C23H28N4O2/c1-23(2,3)29-22(28)26-15-13-25(14-16-26)21-24-19-11-7-8-12-20(19)27(21)17-18-9-5-4-6-10-18/h4-12H,13-17H2,1-3H3. The van der Waals surface area contributed by atoms with Crippen LogP contribution in [0.25, 0.3) is 11.0 Å². The Labute approximate surface area is 171 Å². The number of anilines is 1. The maximum Gasteiger partial charge on any atom is 0.410 e. The average Bonchev–Trinajstić information content (AvgIpc) is 3.06. The average molecular weight is 393 g/mol. The minimum absolute atomic E-state index is 0.241. The van der Waals surface area contributed by atoms with Crippen LogP contribution in [0.4, 0.5) is 10.7 Å². The molecule has 0 N–H and O–H groups in total. The molecular weight excluding hydrogens is 364 g/mol. The lowest BCUT2D eigenvalue weighted by Gasteiger charge is -2.36. The van der Waals surface area contributed by atoms with Gasteiger partial charge in [-0.05, 0) is 38.5 Å². The smallest absolute Gasteiger partial charge is 0.410 e. The van der Waals surface area contributed by atoms with E-state index in [0.29, 0.717) is 13.1 Å². The number of ether oxygens (including phenoxy) is 1. The fourth-order valence-electron chi connectivity index (χ4n) is 3.64. The van der Waals surface area contributed by atoms with Gasteiger partial charge >= 0.3 is 6.09 Å². The molecule has 1 amide bonds. The first kappa shape index (κ1) is 19.3. The van der Waals surface area contributed by atoms with Gasteiger partial charge in [0, 0.05) is 26.2 Å². The molecule has 2 heterocycles. The Morgan fingerprint density at radius 1 is 0.966 bits per heavy atom. The maximum atomic E-state index is 12.4. The molecule has 6 heteroatoms. The molecule has 1 aliphatic rings. The maximum absolute atomic E-state index is 12.4. The molecule has 6 nitrogen and oxygen atoms in total. The van der Waals surface area contributed by atoms with Crippen molar-refractivity contribution in [1.29, 1.82) is 0 Å². The summed E-state index contributed by atoms with van der Waals surface area (Å²) in [6.07, 6.45) is -0.241. The molecule has 0 aliphatic carbocycles. The second-order valence-corrected chi connectivity index (χ2v) is 8.43. The van der Waals surface area contributed by atoms with Gasteiger partial charge in [0.1, 0.15) is 5.60 Å². The van der Waals surface area contributed by atoms with E-state index in [2.05, 4.69) is 51.9 Å². The first-order valence-corrected chi connectivity index (χ1v) is 10.1. The molecule has 0 radical (unpaired) electrons. The lowest BCUT2D eigenvalue weighted by molar-refractivity contribution is 0.0240. The van der Waals surface area contributed by atoms with E-state index < -0.39 is 5.60 Å². The molecule has 0 atom stereocenters. The third-order valence-electron chi connectivity index (χ3n) is 5.03. The van der Waals surface area contributed by atoms with E-state index in [1.807, 2.05) is 32.9 Å². The van der Waals surface area contributed by atoms with E-state index in [1.165, 1.54) is 5.56 Å². The highest BCUT2D eigenvalue weighted by molar-refractivity contribution is 5.79. The van der Waals surface area contributed by atoms with Crippen molar-refractivity contribution in [3.63, 3.8) is 0 Å². The van der Waals surface area contributed by atoms with Gasteiger partial charge in [-0.15, -0.1) is 0 Å². The van der Waals surface area contributed by atoms with E-state index >= 15 is 0 Å². The van der Waals surface area contributed by atoms with Crippen LogP contribution in [0.1, 0.15) is 26.3 Å². The number of carbonyl (C=O) groups is 1. The van der Waals surface area contributed by atoms with Gasteiger partial charge in [-0.3, -0.25) is 0 Å². The molecule has 0 bridgehead atoms. The summed E-state index contributed by atoms with van der Waals surface area (Å²) < 4.78 is 7.79. The van der Waals surface area contributed by atoms with Crippen molar-refractivity contribution in [3.8, 4) is 0 Å². The molecule has 0 unspecified atom stereocenters. The fraction of sp³-hybridized carbons (Fsp3) is 0.391.